The summed E-state index contributed by atoms with van der Waals surface area (Å²) in [6.45, 7) is 2.87. The molecule has 8 heteroatoms. The first-order chi connectivity index (χ1) is 8.06. The maximum Gasteiger partial charge on any atom is 0.279 e. The van der Waals surface area contributed by atoms with Crippen molar-refractivity contribution >= 4 is 10.2 Å². The Bertz CT molecular complexity index is 403. The van der Waals surface area contributed by atoms with Crippen molar-refractivity contribution in [1.29, 1.82) is 0 Å². The first kappa shape index (κ1) is 14.1. The fourth-order valence-electron chi connectivity index (χ4n) is 1.26. The number of aromatic nitrogens is 3. The van der Waals surface area contributed by atoms with Gasteiger partial charge in [-0.15, -0.1) is 0 Å². The van der Waals surface area contributed by atoms with Crippen LogP contribution in [0.4, 0.5) is 0 Å². The lowest BCUT2D eigenvalue weighted by molar-refractivity contribution is 0.449. The van der Waals surface area contributed by atoms with Gasteiger partial charge in [0.15, 0.2) is 0 Å². The Morgan fingerprint density at radius 1 is 1.53 bits per heavy atom. The summed E-state index contributed by atoms with van der Waals surface area (Å²) >= 11 is 0. The Kier molecular flexibility index (Phi) is 5.52. The molecule has 0 radical (unpaired) electrons. The van der Waals surface area contributed by atoms with E-state index in [1.807, 2.05) is 6.92 Å². The monoisotopic (exact) mass is 261 g/mol. The van der Waals surface area contributed by atoms with E-state index in [0.29, 0.717) is 25.3 Å². The van der Waals surface area contributed by atoms with E-state index < -0.39 is 10.2 Å². The normalized spacial score (nSPS) is 12.2. The maximum absolute atomic E-state index is 11.7. The van der Waals surface area contributed by atoms with Crippen LogP contribution in [-0.4, -0.2) is 48.0 Å². The van der Waals surface area contributed by atoms with Crippen LogP contribution in [0.15, 0.2) is 6.33 Å². The Morgan fingerprint density at radius 2 is 2.29 bits per heavy atom. The van der Waals surface area contributed by atoms with Crippen LogP contribution in [0.25, 0.3) is 0 Å². The molecule has 0 aliphatic carbocycles. The average Bonchev–Trinajstić information content (AvgIpc) is 2.78. The maximum atomic E-state index is 11.7. The molecule has 0 unspecified atom stereocenters. The second kappa shape index (κ2) is 6.67. The highest BCUT2D eigenvalue weighted by Gasteiger charge is 2.15. The zero-order chi connectivity index (χ0) is 12.7. The third-order valence-electron chi connectivity index (χ3n) is 2.35. The standard InChI is InChI=1S/C9H19N5O2S/c1-3-4-7-14(2)17(15,16)12-6-5-9-10-8-11-13-9/h8,12H,3-7H2,1-2H3,(H,10,11,13). The summed E-state index contributed by atoms with van der Waals surface area (Å²) in [6, 6.07) is 0. The molecular weight excluding hydrogens is 242 g/mol. The lowest BCUT2D eigenvalue weighted by atomic mass is 10.3. The van der Waals surface area contributed by atoms with E-state index in [1.54, 1.807) is 7.05 Å². The zero-order valence-electron chi connectivity index (χ0n) is 10.2. The molecule has 0 fully saturated rings. The van der Waals surface area contributed by atoms with Crippen LogP contribution >= 0.6 is 0 Å². The van der Waals surface area contributed by atoms with Crippen molar-refractivity contribution < 1.29 is 8.42 Å². The molecule has 1 rings (SSSR count). The fourth-order valence-corrected chi connectivity index (χ4v) is 2.21. The molecule has 2 N–H and O–H groups in total. The van der Waals surface area contributed by atoms with E-state index >= 15 is 0 Å². The summed E-state index contributed by atoms with van der Waals surface area (Å²) in [6.07, 6.45) is 3.73. The van der Waals surface area contributed by atoms with Gasteiger partial charge in [-0.2, -0.15) is 17.8 Å². The lowest BCUT2D eigenvalue weighted by Gasteiger charge is -2.16. The van der Waals surface area contributed by atoms with E-state index in [0.717, 1.165) is 12.8 Å². The molecule has 0 bridgehead atoms. The van der Waals surface area contributed by atoms with Gasteiger partial charge in [0, 0.05) is 26.6 Å². The molecule has 7 nitrogen and oxygen atoms in total. The quantitative estimate of drug-likeness (QED) is 0.684. The molecule has 0 aliphatic heterocycles. The van der Waals surface area contributed by atoms with Crippen LogP contribution in [0.3, 0.4) is 0 Å². The van der Waals surface area contributed by atoms with Gasteiger partial charge in [-0.05, 0) is 6.42 Å². The first-order valence-corrected chi connectivity index (χ1v) is 7.05. The van der Waals surface area contributed by atoms with Crippen LogP contribution < -0.4 is 4.72 Å². The average molecular weight is 261 g/mol. The van der Waals surface area contributed by atoms with Crippen LogP contribution in [0.2, 0.25) is 0 Å². The largest absolute Gasteiger partial charge is 0.279 e. The summed E-state index contributed by atoms with van der Waals surface area (Å²) in [4.78, 5) is 3.92. The summed E-state index contributed by atoms with van der Waals surface area (Å²) in [5, 5.41) is 6.37. The van der Waals surface area contributed by atoms with Crippen LogP contribution in [-0.2, 0) is 16.6 Å². The van der Waals surface area contributed by atoms with Crippen molar-refractivity contribution in [2.24, 2.45) is 0 Å². The van der Waals surface area contributed by atoms with Gasteiger partial charge in [-0.1, -0.05) is 13.3 Å². The molecule has 1 aromatic rings. The first-order valence-electron chi connectivity index (χ1n) is 5.61. The smallest absolute Gasteiger partial charge is 0.263 e. The van der Waals surface area contributed by atoms with E-state index in [9.17, 15) is 8.42 Å². The van der Waals surface area contributed by atoms with Crippen molar-refractivity contribution in [3.05, 3.63) is 12.2 Å². The van der Waals surface area contributed by atoms with Gasteiger partial charge in [0.05, 0.1) is 0 Å². The fraction of sp³-hybridized carbons (Fsp3) is 0.778. The number of aromatic amines is 1. The van der Waals surface area contributed by atoms with E-state index in [4.69, 9.17) is 0 Å². The molecule has 98 valence electrons. The van der Waals surface area contributed by atoms with Crippen molar-refractivity contribution in [2.45, 2.75) is 26.2 Å². The third kappa shape index (κ3) is 4.80. The minimum absolute atomic E-state index is 0.313. The summed E-state index contributed by atoms with van der Waals surface area (Å²) in [5.41, 5.74) is 0. The number of hydrogen-bond donors (Lipinski definition) is 2. The van der Waals surface area contributed by atoms with Gasteiger partial charge in [0.25, 0.3) is 10.2 Å². The van der Waals surface area contributed by atoms with Crippen LogP contribution in [0, 0.1) is 0 Å². The summed E-state index contributed by atoms with van der Waals surface area (Å²) in [7, 11) is -1.79. The molecule has 0 saturated carbocycles. The van der Waals surface area contributed by atoms with Crippen molar-refractivity contribution in [3.8, 4) is 0 Å². The van der Waals surface area contributed by atoms with Crippen molar-refractivity contribution in [1.82, 2.24) is 24.2 Å². The highest BCUT2D eigenvalue weighted by atomic mass is 32.2. The topological polar surface area (TPSA) is 91.0 Å². The Morgan fingerprint density at radius 3 is 2.88 bits per heavy atom. The Labute approximate surface area is 102 Å². The second-order valence-electron chi connectivity index (χ2n) is 3.76. The predicted octanol–water partition coefficient (Wildman–Crippen LogP) is -0.0865. The van der Waals surface area contributed by atoms with Gasteiger partial charge < -0.3 is 0 Å². The van der Waals surface area contributed by atoms with E-state index in [2.05, 4.69) is 19.9 Å². The predicted molar refractivity (Wildman–Crippen MR) is 64.5 cm³/mol. The van der Waals surface area contributed by atoms with E-state index in [-0.39, 0.29) is 0 Å². The SMILES string of the molecule is CCCCN(C)S(=O)(=O)NCCc1ncn[nH]1. The van der Waals surface area contributed by atoms with Gasteiger partial charge in [-0.25, -0.2) is 9.71 Å². The number of rotatable bonds is 8. The van der Waals surface area contributed by atoms with Gasteiger partial charge in [0.1, 0.15) is 12.2 Å². The minimum Gasteiger partial charge on any atom is -0.263 e. The second-order valence-corrected chi connectivity index (χ2v) is 5.62. The number of unbranched alkanes of at least 4 members (excludes halogenated alkanes) is 1. The van der Waals surface area contributed by atoms with Gasteiger partial charge in [0.2, 0.25) is 0 Å². The highest BCUT2D eigenvalue weighted by Crippen LogP contribution is 1.98. The van der Waals surface area contributed by atoms with Gasteiger partial charge in [-0.3, -0.25) is 5.10 Å². The molecule has 0 saturated heterocycles. The van der Waals surface area contributed by atoms with Gasteiger partial charge >= 0.3 is 0 Å². The summed E-state index contributed by atoms with van der Waals surface area (Å²) < 4.78 is 27.3. The highest BCUT2D eigenvalue weighted by molar-refractivity contribution is 7.87. The molecule has 17 heavy (non-hydrogen) atoms. The minimum atomic E-state index is -3.36. The molecular formula is C9H19N5O2S. The molecule has 0 atom stereocenters. The number of nitrogens with one attached hydrogen (secondary N) is 2. The molecule has 0 aliphatic rings. The molecule has 0 amide bonds. The number of hydrogen-bond acceptors (Lipinski definition) is 4. The molecule has 1 heterocycles. The van der Waals surface area contributed by atoms with Crippen LogP contribution in [0.5, 0.6) is 0 Å². The number of H-pyrrole nitrogens is 1. The van der Waals surface area contributed by atoms with Crippen molar-refractivity contribution in [3.63, 3.8) is 0 Å². The molecule has 1 aromatic heterocycles. The van der Waals surface area contributed by atoms with Crippen molar-refractivity contribution in [2.75, 3.05) is 20.1 Å². The third-order valence-corrected chi connectivity index (χ3v) is 3.92. The molecule has 0 aromatic carbocycles. The Hall–Kier alpha value is -0.990. The van der Waals surface area contributed by atoms with Crippen LogP contribution in [0.1, 0.15) is 25.6 Å². The number of nitrogens with zero attached hydrogens (tertiary/aromatic N) is 3. The zero-order valence-corrected chi connectivity index (χ0v) is 11.0. The molecule has 0 spiro atoms. The van der Waals surface area contributed by atoms with E-state index in [1.165, 1.54) is 10.6 Å². The lowest BCUT2D eigenvalue weighted by Crippen LogP contribution is -2.39. The Balaban J connectivity index is 2.33. The summed E-state index contributed by atoms with van der Waals surface area (Å²) in [5.74, 6) is 0.670.